The lowest BCUT2D eigenvalue weighted by molar-refractivity contribution is 1.16. The lowest BCUT2D eigenvalue weighted by Gasteiger charge is -2.24. The predicted octanol–water partition coefficient (Wildman–Crippen LogP) is 2.95. The number of anilines is 1. The van der Waals surface area contributed by atoms with Crippen LogP contribution in [0.5, 0.6) is 0 Å². The molecule has 0 saturated carbocycles. The second kappa shape index (κ2) is 5.25. The van der Waals surface area contributed by atoms with E-state index in [1.54, 1.807) is 12.4 Å². The molecule has 1 aromatic rings. The second-order valence-electron chi connectivity index (χ2n) is 3.71. The molecule has 86 valence electrons. The van der Waals surface area contributed by atoms with Gasteiger partial charge in [0.25, 0.3) is 0 Å². The van der Waals surface area contributed by atoms with E-state index in [4.69, 9.17) is 0 Å². The van der Waals surface area contributed by atoms with Crippen LogP contribution in [0.1, 0.15) is 6.92 Å². The van der Waals surface area contributed by atoms with Crippen LogP contribution >= 0.6 is 0 Å². The number of rotatable bonds is 1. The highest BCUT2D eigenvalue weighted by molar-refractivity contribution is 5.99. The Balaban J connectivity index is 2.41. The van der Waals surface area contributed by atoms with E-state index in [1.165, 1.54) is 0 Å². The minimum atomic E-state index is 0.686. The molecule has 0 radical (unpaired) electrons. The molecule has 2 heterocycles. The highest BCUT2D eigenvalue weighted by atomic mass is 15.2. The van der Waals surface area contributed by atoms with Crippen LogP contribution in [0, 0.1) is 0 Å². The van der Waals surface area contributed by atoms with Crippen molar-refractivity contribution in [2.45, 2.75) is 6.92 Å². The summed E-state index contributed by atoms with van der Waals surface area (Å²) in [4.78, 5) is 10.5. The van der Waals surface area contributed by atoms with Crippen LogP contribution in [0.25, 0.3) is 0 Å². The summed E-state index contributed by atoms with van der Waals surface area (Å²) in [7, 11) is 0. The van der Waals surface area contributed by atoms with Gasteiger partial charge >= 0.3 is 0 Å². The molecule has 0 N–H and O–H groups in total. The van der Waals surface area contributed by atoms with Crippen LogP contribution < -0.4 is 4.90 Å². The van der Waals surface area contributed by atoms with Gasteiger partial charge in [0.2, 0.25) is 0 Å². The molecule has 0 aliphatic carbocycles. The first-order valence-corrected chi connectivity index (χ1v) is 5.52. The van der Waals surface area contributed by atoms with E-state index in [9.17, 15) is 0 Å². The molecular formula is C14H15N3. The molecule has 1 aliphatic rings. The smallest absolute Gasteiger partial charge is 0.105 e. The molecule has 3 nitrogen and oxygen atoms in total. The SMILES string of the molecule is C=C1/C=C\C=C/C/N=C(/C)N1c1ccncc1. The molecule has 0 bridgehead atoms. The largest absolute Gasteiger partial charge is 0.300 e. The van der Waals surface area contributed by atoms with Gasteiger partial charge in [-0.3, -0.25) is 14.9 Å². The van der Waals surface area contributed by atoms with Crippen molar-refractivity contribution in [2.75, 3.05) is 11.4 Å². The molecule has 1 aliphatic heterocycles. The highest BCUT2D eigenvalue weighted by Crippen LogP contribution is 2.19. The Kier molecular flexibility index (Phi) is 3.50. The van der Waals surface area contributed by atoms with E-state index in [1.807, 2.05) is 48.3 Å². The third-order valence-corrected chi connectivity index (χ3v) is 2.49. The van der Waals surface area contributed by atoms with Crippen molar-refractivity contribution >= 4 is 11.5 Å². The van der Waals surface area contributed by atoms with Crippen LogP contribution in [0.2, 0.25) is 0 Å². The molecule has 0 aromatic carbocycles. The quantitative estimate of drug-likeness (QED) is 0.735. The van der Waals surface area contributed by atoms with Crippen LogP contribution in [0.4, 0.5) is 5.69 Å². The third-order valence-electron chi connectivity index (χ3n) is 2.49. The average molecular weight is 225 g/mol. The molecule has 17 heavy (non-hydrogen) atoms. The number of hydrogen-bond acceptors (Lipinski definition) is 3. The number of pyridine rings is 1. The molecule has 0 atom stereocenters. The molecule has 0 spiro atoms. The standard InChI is InChI=1S/C14H15N3/c1-12-6-4-3-5-9-16-13(2)17(12)14-7-10-15-11-8-14/h3-8,10-11H,1,9H2,2H3/b5-3-,6-4-,16-13-. The minimum Gasteiger partial charge on any atom is -0.300 e. The van der Waals surface area contributed by atoms with Gasteiger partial charge in [-0.1, -0.05) is 24.8 Å². The first kappa shape index (κ1) is 11.3. The number of hydrogen-bond donors (Lipinski definition) is 0. The number of nitrogens with zero attached hydrogens (tertiary/aromatic N) is 3. The number of amidine groups is 1. The first-order chi connectivity index (χ1) is 8.29. The average Bonchev–Trinajstić information content (AvgIpc) is 2.42. The molecule has 0 saturated heterocycles. The van der Waals surface area contributed by atoms with Crippen molar-refractivity contribution in [3.05, 3.63) is 61.1 Å². The molecule has 0 amide bonds. The van der Waals surface area contributed by atoms with Gasteiger partial charge in [0.1, 0.15) is 5.84 Å². The summed E-state index contributed by atoms with van der Waals surface area (Å²) in [6.07, 6.45) is 11.5. The Morgan fingerprint density at radius 1 is 1.24 bits per heavy atom. The number of aliphatic imine (C=N–C) groups is 1. The Labute approximate surface area is 102 Å². The molecular weight excluding hydrogens is 210 g/mol. The van der Waals surface area contributed by atoms with Gasteiger partial charge in [0, 0.05) is 18.1 Å². The summed E-state index contributed by atoms with van der Waals surface area (Å²) in [5.41, 5.74) is 1.92. The molecule has 2 rings (SSSR count). The zero-order chi connectivity index (χ0) is 12.1. The highest BCUT2D eigenvalue weighted by Gasteiger charge is 2.11. The summed E-state index contributed by atoms with van der Waals surface area (Å²) in [5, 5.41) is 0. The van der Waals surface area contributed by atoms with Gasteiger partial charge in [-0.25, -0.2) is 0 Å². The minimum absolute atomic E-state index is 0.686. The van der Waals surface area contributed by atoms with Crippen molar-refractivity contribution in [1.29, 1.82) is 0 Å². The summed E-state index contributed by atoms with van der Waals surface area (Å²) in [6, 6.07) is 3.90. The van der Waals surface area contributed by atoms with Crippen LogP contribution in [-0.2, 0) is 0 Å². The van der Waals surface area contributed by atoms with Crippen LogP contribution in [0.3, 0.4) is 0 Å². The monoisotopic (exact) mass is 225 g/mol. The van der Waals surface area contributed by atoms with Crippen molar-refractivity contribution in [1.82, 2.24) is 4.98 Å². The molecule has 0 unspecified atom stereocenters. The van der Waals surface area contributed by atoms with Crippen molar-refractivity contribution in [3.63, 3.8) is 0 Å². The van der Waals surface area contributed by atoms with Gasteiger partial charge < -0.3 is 0 Å². The van der Waals surface area contributed by atoms with Gasteiger partial charge in [-0.15, -0.1) is 0 Å². The van der Waals surface area contributed by atoms with E-state index in [0.29, 0.717) is 6.54 Å². The Hall–Kier alpha value is -2.16. The molecule has 1 aromatic heterocycles. The fourth-order valence-corrected chi connectivity index (χ4v) is 1.69. The molecule has 3 heteroatoms. The summed E-state index contributed by atoms with van der Waals surface area (Å²) < 4.78 is 0. The second-order valence-corrected chi connectivity index (χ2v) is 3.71. The number of aromatic nitrogens is 1. The van der Waals surface area contributed by atoms with E-state index >= 15 is 0 Å². The van der Waals surface area contributed by atoms with Crippen molar-refractivity contribution in [3.8, 4) is 0 Å². The summed E-state index contributed by atoms with van der Waals surface area (Å²) >= 11 is 0. The van der Waals surface area contributed by atoms with Crippen LogP contribution in [-0.4, -0.2) is 17.4 Å². The number of allylic oxidation sites excluding steroid dienone is 3. The normalized spacial score (nSPS) is 23.0. The Morgan fingerprint density at radius 2 is 2.00 bits per heavy atom. The van der Waals surface area contributed by atoms with Crippen LogP contribution in [0.15, 0.2) is 66.1 Å². The van der Waals surface area contributed by atoms with E-state index in [2.05, 4.69) is 16.6 Å². The lowest BCUT2D eigenvalue weighted by Crippen LogP contribution is -2.26. The maximum absolute atomic E-state index is 4.49. The fraction of sp³-hybridized carbons (Fsp3) is 0.143. The zero-order valence-electron chi connectivity index (χ0n) is 9.87. The van der Waals surface area contributed by atoms with Crippen molar-refractivity contribution < 1.29 is 0 Å². The third kappa shape index (κ3) is 2.69. The Morgan fingerprint density at radius 3 is 2.76 bits per heavy atom. The predicted molar refractivity (Wildman–Crippen MR) is 72.1 cm³/mol. The lowest BCUT2D eigenvalue weighted by atomic mass is 10.3. The topological polar surface area (TPSA) is 28.5 Å². The van der Waals surface area contributed by atoms with Gasteiger partial charge in [-0.05, 0) is 25.1 Å². The van der Waals surface area contributed by atoms with E-state index in [0.717, 1.165) is 17.2 Å². The zero-order valence-corrected chi connectivity index (χ0v) is 9.87. The van der Waals surface area contributed by atoms with Gasteiger partial charge in [-0.2, -0.15) is 0 Å². The van der Waals surface area contributed by atoms with Gasteiger partial charge in [0.15, 0.2) is 0 Å². The molecule has 0 fully saturated rings. The van der Waals surface area contributed by atoms with Crippen molar-refractivity contribution in [2.24, 2.45) is 4.99 Å². The maximum atomic E-state index is 4.49. The maximum Gasteiger partial charge on any atom is 0.105 e. The van der Waals surface area contributed by atoms with Gasteiger partial charge in [0.05, 0.1) is 12.2 Å². The van der Waals surface area contributed by atoms with E-state index in [-0.39, 0.29) is 0 Å². The Bertz CT molecular complexity index is 481. The first-order valence-electron chi connectivity index (χ1n) is 5.52. The van der Waals surface area contributed by atoms with E-state index < -0.39 is 0 Å². The summed E-state index contributed by atoms with van der Waals surface area (Å²) in [6.45, 7) is 6.74. The summed E-state index contributed by atoms with van der Waals surface area (Å²) in [5.74, 6) is 0.928. The fourth-order valence-electron chi connectivity index (χ4n) is 1.69.